The van der Waals surface area contributed by atoms with Gasteiger partial charge < -0.3 is 9.47 Å². The fourth-order valence-electron chi connectivity index (χ4n) is 3.39. The second-order valence-electron chi connectivity index (χ2n) is 8.79. The monoisotopic (exact) mass is 535 g/mol. The molecule has 11 heteroatoms. The highest BCUT2D eigenvalue weighted by Crippen LogP contribution is 2.39. The number of nitrogens with zero attached hydrogens (tertiary/aromatic N) is 5. The quantitative estimate of drug-likeness (QED) is 0.215. The lowest BCUT2D eigenvalue weighted by Crippen LogP contribution is -2.22. The van der Waals surface area contributed by atoms with E-state index in [4.69, 9.17) is 9.47 Å². The molecule has 0 saturated carbocycles. The number of benzene rings is 1. The van der Waals surface area contributed by atoms with Crippen molar-refractivity contribution in [2.24, 2.45) is 0 Å². The van der Waals surface area contributed by atoms with Crippen molar-refractivity contribution in [3.05, 3.63) is 52.9 Å². The number of aromatic nitrogens is 5. The van der Waals surface area contributed by atoms with Gasteiger partial charge in [0, 0.05) is 32.6 Å². The molecule has 4 aromatic rings. The summed E-state index contributed by atoms with van der Waals surface area (Å²) in [6.45, 7) is 7.84. The minimum absolute atomic E-state index is 0.283. The Hall–Kier alpha value is -2.63. The first kappa shape index (κ1) is 23.5. The Balaban J connectivity index is 1.78. The topological polar surface area (TPSA) is 67.0 Å². The maximum Gasteiger partial charge on any atom is 0.225 e. The first-order valence-electron chi connectivity index (χ1n) is 10.4. The molecule has 0 unspecified atom stereocenters. The number of ether oxygens (including phenoxy) is 2. The highest BCUT2D eigenvalue weighted by molar-refractivity contribution is 9.10. The molecule has 0 saturated heterocycles. The van der Waals surface area contributed by atoms with Crippen LogP contribution in [0.15, 0.2) is 41.3 Å². The predicted octanol–water partition coefficient (Wildman–Crippen LogP) is 5.65. The van der Waals surface area contributed by atoms with E-state index in [1.807, 2.05) is 0 Å². The molecule has 0 N–H and O–H groups in total. The van der Waals surface area contributed by atoms with Crippen LogP contribution in [0.25, 0.3) is 27.8 Å². The number of hydrogen-bond donors (Lipinski definition) is 0. The minimum atomic E-state index is -1.18. The first-order chi connectivity index (χ1) is 15.7. The third-order valence-corrected chi connectivity index (χ3v) is 7.37. The van der Waals surface area contributed by atoms with Gasteiger partial charge in [0.1, 0.15) is 18.1 Å². The van der Waals surface area contributed by atoms with Crippen LogP contribution < -0.4 is 4.74 Å². The zero-order valence-electron chi connectivity index (χ0n) is 18.8. The summed E-state index contributed by atoms with van der Waals surface area (Å²) in [5.41, 5.74) is 1.22. The van der Waals surface area contributed by atoms with Crippen molar-refractivity contribution < 1.29 is 18.3 Å². The molecule has 3 aromatic heterocycles. The number of halogens is 3. The Labute approximate surface area is 199 Å². The third-order valence-electron chi connectivity index (χ3n) is 5.09. The largest absolute Gasteiger partial charge is 0.480 e. The van der Waals surface area contributed by atoms with E-state index in [0.29, 0.717) is 40.0 Å². The molecule has 174 valence electrons. The van der Waals surface area contributed by atoms with E-state index in [0.717, 1.165) is 6.04 Å². The van der Waals surface area contributed by atoms with Gasteiger partial charge in [0.15, 0.2) is 11.6 Å². The maximum absolute atomic E-state index is 14.7. The molecule has 7 nitrogen and oxygen atoms in total. The average Bonchev–Trinajstić information content (AvgIpc) is 3.37. The summed E-state index contributed by atoms with van der Waals surface area (Å²) in [4.78, 5) is 4.30. The predicted molar refractivity (Wildman–Crippen MR) is 128 cm³/mol. The lowest BCUT2D eigenvalue weighted by atomic mass is 10.1. The van der Waals surface area contributed by atoms with Gasteiger partial charge in [-0.15, -0.1) is 0 Å². The molecule has 0 bridgehead atoms. The number of methoxy groups -OCH3 is 1. The lowest BCUT2D eigenvalue weighted by molar-refractivity contribution is 0.0786. The number of fused-ring (bicyclic) bond motifs is 1. The van der Waals surface area contributed by atoms with Gasteiger partial charge in [-0.3, -0.25) is 0 Å². The minimum Gasteiger partial charge on any atom is -0.480 e. The van der Waals surface area contributed by atoms with Crippen molar-refractivity contribution in [3.8, 4) is 22.8 Å². The van der Waals surface area contributed by atoms with Gasteiger partial charge >= 0.3 is 0 Å². The number of rotatable bonds is 8. The van der Waals surface area contributed by atoms with E-state index in [1.54, 1.807) is 17.1 Å². The molecule has 0 aliphatic heterocycles. The van der Waals surface area contributed by atoms with E-state index in [9.17, 15) is 8.78 Å². The molecular weight excluding hydrogens is 512 g/mol. The van der Waals surface area contributed by atoms with Crippen LogP contribution in [0.1, 0.15) is 0 Å². The molecular formula is C22H24BrF2N5O2Si. The Bertz CT molecular complexity index is 1280. The summed E-state index contributed by atoms with van der Waals surface area (Å²) in [5.74, 6) is -1.19. The normalized spacial score (nSPS) is 12.0. The highest BCUT2D eigenvalue weighted by atomic mass is 79.9. The first-order valence-corrected chi connectivity index (χ1v) is 14.9. The van der Waals surface area contributed by atoms with Gasteiger partial charge in [-0.1, -0.05) is 25.7 Å². The zero-order chi connectivity index (χ0) is 23.8. The van der Waals surface area contributed by atoms with Crippen LogP contribution in [-0.4, -0.2) is 46.3 Å². The van der Waals surface area contributed by atoms with Crippen LogP contribution >= 0.6 is 15.9 Å². The van der Waals surface area contributed by atoms with Crippen LogP contribution in [0.3, 0.4) is 0 Å². The fraction of sp³-hybridized carbons (Fsp3) is 0.318. The summed E-state index contributed by atoms with van der Waals surface area (Å²) >= 11 is 3.45. The molecule has 0 amide bonds. The number of hydrogen-bond acceptors (Lipinski definition) is 5. The number of pyridine rings is 1. The summed E-state index contributed by atoms with van der Waals surface area (Å²) in [6.07, 6.45) is 4.92. The Morgan fingerprint density at radius 1 is 1.12 bits per heavy atom. The summed E-state index contributed by atoms with van der Waals surface area (Å²) < 4.78 is 43.9. The standard InChI is InChI=1S/C22H24BrF2N5O2Si/c1-31-22-18-19(14-10-27-29(12-14)13-32-8-9-33(2,3)4)28-30(20(18)15(23)11-26-22)21-16(24)6-5-7-17(21)25/h5-7,10-12H,8-9,13H2,1-4H3. The van der Waals surface area contributed by atoms with E-state index in [-0.39, 0.29) is 11.6 Å². The molecule has 0 aliphatic rings. The van der Waals surface area contributed by atoms with E-state index >= 15 is 0 Å². The lowest BCUT2D eigenvalue weighted by Gasteiger charge is -2.15. The molecule has 4 rings (SSSR count). The van der Waals surface area contributed by atoms with Gasteiger partial charge in [-0.2, -0.15) is 10.2 Å². The second-order valence-corrected chi connectivity index (χ2v) is 15.3. The molecule has 3 heterocycles. The summed E-state index contributed by atoms with van der Waals surface area (Å²) in [5, 5.41) is 9.43. The van der Waals surface area contributed by atoms with E-state index < -0.39 is 19.7 Å². The van der Waals surface area contributed by atoms with Crippen LogP contribution in [0.4, 0.5) is 8.78 Å². The maximum atomic E-state index is 14.7. The summed E-state index contributed by atoms with van der Waals surface area (Å²) in [6, 6.07) is 4.74. The van der Waals surface area contributed by atoms with Crippen molar-refractivity contribution >= 4 is 34.9 Å². The van der Waals surface area contributed by atoms with Crippen LogP contribution in [0, 0.1) is 11.6 Å². The van der Waals surface area contributed by atoms with Crippen molar-refractivity contribution in [1.82, 2.24) is 24.5 Å². The molecule has 33 heavy (non-hydrogen) atoms. The van der Waals surface area contributed by atoms with Gasteiger partial charge in [0.05, 0.1) is 28.7 Å². The van der Waals surface area contributed by atoms with Gasteiger partial charge in [-0.25, -0.2) is 23.1 Å². The Kier molecular flexibility index (Phi) is 6.64. The van der Waals surface area contributed by atoms with Crippen molar-refractivity contribution in [3.63, 3.8) is 0 Å². The second kappa shape index (κ2) is 9.32. The van der Waals surface area contributed by atoms with Crippen molar-refractivity contribution in [1.29, 1.82) is 0 Å². The van der Waals surface area contributed by atoms with E-state index in [1.165, 1.54) is 36.2 Å². The molecule has 0 radical (unpaired) electrons. The smallest absolute Gasteiger partial charge is 0.225 e. The summed E-state index contributed by atoms with van der Waals surface area (Å²) in [7, 11) is 0.300. The Morgan fingerprint density at radius 2 is 1.85 bits per heavy atom. The van der Waals surface area contributed by atoms with Crippen LogP contribution in [-0.2, 0) is 11.5 Å². The van der Waals surface area contributed by atoms with Gasteiger partial charge in [0.2, 0.25) is 5.88 Å². The zero-order valence-corrected chi connectivity index (χ0v) is 21.4. The van der Waals surface area contributed by atoms with Crippen molar-refractivity contribution in [2.75, 3.05) is 13.7 Å². The molecule has 0 aliphatic carbocycles. The van der Waals surface area contributed by atoms with Crippen molar-refractivity contribution in [2.45, 2.75) is 32.4 Å². The van der Waals surface area contributed by atoms with Crippen LogP contribution in [0.5, 0.6) is 5.88 Å². The van der Waals surface area contributed by atoms with Gasteiger partial charge in [0.25, 0.3) is 0 Å². The van der Waals surface area contributed by atoms with Crippen LogP contribution in [0.2, 0.25) is 25.7 Å². The average molecular weight is 536 g/mol. The number of para-hydroxylation sites is 1. The molecule has 0 atom stereocenters. The Morgan fingerprint density at radius 3 is 2.52 bits per heavy atom. The fourth-order valence-corrected chi connectivity index (χ4v) is 4.61. The molecule has 0 fully saturated rings. The SMILES string of the molecule is COc1ncc(Br)c2c1c(-c1cnn(COCC[Si](C)(C)C)c1)nn2-c1c(F)cccc1F. The third kappa shape index (κ3) is 4.85. The van der Waals surface area contributed by atoms with Gasteiger partial charge in [-0.05, 0) is 34.1 Å². The highest BCUT2D eigenvalue weighted by Gasteiger charge is 2.25. The van der Waals surface area contributed by atoms with E-state index in [2.05, 4.69) is 50.8 Å². The molecule has 1 aromatic carbocycles. The molecule has 0 spiro atoms.